The third-order valence-electron chi connectivity index (χ3n) is 8.04. The fraction of sp³-hybridized carbons (Fsp3) is 0.483. The Labute approximate surface area is 212 Å². The number of hydrogen-bond donors (Lipinski definition) is 3. The molecular weight excluding hydrogens is 452 g/mol. The van der Waals surface area contributed by atoms with Gasteiger partial charge in [-0.2, -0.15) is 0 Å². The number of rotatable bonds is 6. The van der Waals surface area contributed by atoms with Gasteiger partial charge in [0.2, 0.25) is 5.91 Å². The predicted molar refractivity (Wildman–Crippen MR) is 141 cm³/mol. The lowest BCUT2D eigenvalue weighted by atomic mass is 9.91. The Balaban J connectivity index is 1.41. The zero-order valence-electron chi connectivity index (χ0n) is 20.7. The molecule has 190 valence electrons. The first kappa shape index (κ1) is 24.5. The van der Waals surface area contributed by atoms with Gasteiger partial charge in [0, 0.05) is 24.1 Å². The van der Waals surface area contributed by atoms with Gasteiger partial charge in [-0.3, -0.25) is 19.3 Å². The van der Waals surface area contributed by atoms with Crippen LogP contribution in [0.2, 0.25) is 0 Å². The van der Waals surface area contributed by atoms with E-state index >= 15 is 0 Å². The monoisotopic (exact) mass is 488 g/mol. The van der Waals surface area contributed by atoms with Crippen LogP contribution in [0.4, 0.5) is 11.4 Å². The molecule has 5 rings (SSSR count). The Morgan fingerprint density at radius 1 is 0.972 bits per heavy atom. The molecule has 0 bridgehead atoms. The van der Waals surface area contributed by atoms with Crippen LogP contribution in [0, 0.1) is 5.92 Å². The van der Waals surface area contributed by atoms with Crippen molar-refractivity contribution in [3.05, 3.63) is 59.7 Å². The van der Waals surface area contributed by atoms with E-state index in [0.29, 0.717) is 29.3 Å². The molecule has 2 saturated carbocycles. The van der Waals surface area contributed by atoms with Crippen LogP contribution >= 0.6 is 0 Å². The van der Waals surface area contributed by atoms with Gasteiger partial charge in [-0.1, -0.05) is 68.9 Å². The SMILES string of the molecule is NC1CCCCC1NC(=O)c1ccc2c(c1)NC(=O)C(c1ccccc1)N2C(=O)CCC1CCCC1. The summed E-state index contributed by atoms with van der Waals surface area (Å²) in [5.41, 5.74) is 8.55. The van der Waals surface area contributed by atoms with E-state index < -0.39 is 6.04 Å². The molecule has 3 atom stereocenters. The van der Waals surface area contributed by atoms with Crippen molar-refractivity contribution < 1.29 is 14.4 Å². The molecule has 2 aromatic carbocycles. The number of benzene rings is 2. The van der Waals surface area contributed by atoms with Crippen molar-refractivity contribution in [2.24, 2.45) is 11.7 Å². The van der Waals surface area contributed by atoms with Crippen molar-refractivity contribution >= 4 is 29.1 Å². The zero-order chi connectivity index (χ0) is 25.1. The molecule has 3 unspecified atom stereocenters. The summed E-state index contributed by atoms with van der Waals surface area (Å²) in [4.78, 5) is 41.6. The topological polar surface area (TPSA) is 105 Å². The van der Waals surface area contributed by atoms with E-state index in [4.69, 9.17) is 5.73 Å². The van der Waals surface area contributed by atoms with Crippen molar-refractivity contribution in [2.75, 3.05) is 10.2 Å². The third-order valence-corrected chi connectivity index (χ3v) is 8.04. The molecule has 3 aliphatic rings. The summed E-state index contributed by atoms with van der Waals surface area (Å²) in [7, 11) is 0. The highest BCUT2D eigenvalue weighted by molar-refractivity contribution is 6.13. The van der Waals surface area contributed by atoms with E-state index in [1.54, 1.807) is 23.1 Å². The van der Waals surface area contributed by atoms with Crippen molar-refractivity contribution in [1.82, 2.24) is 5.32 Å². The quantitative estimate of drug-likeness (QED) is 0.549. The zero-order valence-corrected chi connectivity index (χ0v) is 20.7. The Kier molecular flexibility index (Phi) is 7.37. The van der Waals surface area contributed by atoms with Gasteiger partial charge in [0.1, 0.15) is 6.04 Å². The van der Waals surface area contributed by atoms with Crippen molar-refractivity contribution in [2.45, 2.75) is 82.3 Å². The number of carbonyl (C=O) groups excluding carboxylic acids is 3. The largest absolute Gasteiger partial charge is 0.348 e. The van der Waals surface area contributed by atoms with Crippen LogP contribution in [-0.2, 0) is 9.59 Å². The van der Waals surface area contributed by atoms with E-state index in [2.05, 4.69) is 10.6 Å². The first-order valence-corrected chi connectivity index (χ1v) is 13.4. The van der Waals surface area contributed by atoms with E-state index in [1.807, 2.05) is 30.3 Å². The molecular formula is C29H36N4O3. The molecule has 1 heterocycles. The summed E-state index contributed by atoms with van der Waals surface area (Å²) in [5, 5.41) is 6.03. The van der Waals surface area contributed by atoms with Gasteiger partial charge in [0.05, 0.1) is 11.4 Å². The van der Waals surface area contributed by atoms with Crippen LogP contribution in [0.3, 0.4) is 0 Å². The number of fused-ring (bicyclic) bond motifs is 1. The van der Waals surface area contributed by atoms with Crippen LogP contribution in [0.5, 0.6) is 0 Å². The minimum atomic E-state index is -0.741. The Hall–Kier alpha value is -3.19. The van der Waals surface area contributed by atoms with Crippen LogP contribution in [-0.4, -0.2) is 29.8 Å². The van der Waals surface area contributed by atoms with Crippen molar-refractivity contribution in [3.8, 4) is 0 Å². The maximum Gasteiger partial charge on any atom is 0.252 e. The standard InChI is InChI=1S/C29H36N4O3/c30-22-12-6-7-13-23(22)31-28(35)21-15-16-25-24(18-21)32-29(36)27(20-10-2-1-3-11-20)33(25)26(34)17-14-19-8-4-5-9-19/h1-3,10-11,15-16,18-19,22-23,27H,4-9,12-14,17,30H2,(H,31,35)(H,32,36). The van der Waals surface area contributed by atoms with Gasteiger partial charge < -0.3 is 16.4 Å². The second-order valence-corrected chi connectivity index (χ2v) is 10.5. The summed E-state index contributed by atoms with van der Waals surface area (Å²) in [6.07, 6.45) is 9.99. The number of hydrogen-bond acceptors (Lipinski definition) is 4. The second kappa shape index (κ2) is 10.8. The molecule has 4 N–H and O–H groups in total. The Bertz CT molecular complexity index is 1110. The second-order valence-electron chi connectivity index (χ2n) is 10.5. The molecule has 2 fully saturated rings. The number of nitrogens with two attached hydrogens (primary N) is 1. The van der Waals surface area contributed by atoms with Gasteiger partial charge in [-0.25, -0.2) is 0 Å². The maximum atomic E-state index is 13.6. The average Bonchev–Trinajstić information content (AvgIpc) is 3.42. The minimum Gasteiger partial charge on any atom is -0.348 e. The summed E-state index contributed by atoms with van der Waals surface area (Å²) in [5.74, 6) is 0.0464. The lowest BCUT2D eigenvalue weighted by molar-refractivity contribution is -0.124. The first-order valence-electron chi connectivity index (χ1n) is 13.4. The summed E-state index contributed by atoms with van der Waals surface area (Å²) < 4.78 is 0. The van der Waals surface area contributed by atoms with Gasteiger partial charge in [0.15, 0.2) is 0 Å². The number of amides is 3. The predicted octanol–water partition coefficient (Wildman–Crippen LogP) is 4.68. The van der Waals surface area contributed by atoms with E-state index in [-0.39, 0.29) is 29.8 Å². The van der Waals surface area contributed by atoms with Gasteiger partial charge in [-0.05, 0) is 48.9 Å². The van der Waals surface area contributed by atoms with E-state index in [9.17, 15) is 14.4 Å². The molecule has 3 amide bonds. The molecule has 0 radical (unpaired) electrons. The number of nitrogens with zero attached hydrogens (tertiary/aromatic N) is 1. The number of nitrogens with one attached hydrogen (secondary N) is 2. The van der Waals surface area contributed by atoms with Crippen LogP contribution in [0.15, 0.2) is 48.5 Å². The lowest BCUT2D eigenvalue weighted by Crippen LogP contribution is -2.49. The third kappa shape index (κ3) is 5.16. The van der Waals surface area contributed by atoms with Crippen molar-refractivity contribution in [1.29, 1.82) is 0 Å². The molecule has 0 saturated heterocycles. The fourth-order valence-electron chi connectivity index (χ4n) is 6.00. The van der Waals surface area contributed by atoms with E-state index in [0.717, 1.165) is 37.7 Å². The van der Waals surface area contributed by atoms with Gasteiger partial charge >= 0.3 is 0 Å². The van der Waals surface area contributed by atoms with Gasteiger partial charge in [0.25, 0.3) is 11.8 Å². The summed E-state index contributed by atoms with van der Waals surface area (Å²) in [6.45, 7) is 0. The molecule has 2 aliphatic carbocycles. The Morgan fingerprint density at radius 2 is 1.69 bits per heavy atom. The highest BCUT2D eigenvalue weighted by atomic mass is 16.2. The molecule has 1 aliphatic heterocycles. The van der Waals surface area contributed by atoms with Gasteiger partial charge in [-0.15, -0.1) is 0 Å². The Morgan fingerprint density at radius 3 is 2.44 bits per heavy atom. The van der Waals surface area contributed by atoms with Crippen molar-refractivity contribution in [3.63, 3.8) is 0 Å². The van der Waals surface area contributed by atoms with Crippen LogP contribution in [0.25, 0.3) is 0 Å². The molecule has 2 aromatic rings. The average molecular weight is 489 g/mol. The fourth-order valence-corrected chi connectivity index (χ4v) is 6.00. The number of anilines is 2. The summed E-state index contributed by atoms with van der Waals surface area (Å²) >= 11 is 0. The van der Waals surface area contributed by atoms with E-state index in [1.165, 1.54) is 25.7 Å². The molecule has 36 heavy (non-hydrogen) atoms. The molecule has 0 aromatic heterocycles. The molecule has 7 heteroatoms. The normalized spacial score (nSPS) is 24.2. The summed E-state index contributed by atoms with van der Waals surface area (Å²) in [6, 6.07) is 13.8. The van der Waals surface area contributed by atoms with Crippen LogP contribution < -0.4 is 21.3 Å². The van der Waals surface area contributed by atoms with Crippen LogP contribution in [0.1, 0.15) is 86.2 Å². The molecule has 7 nitrogen and oxygen atoms in total. The smallest absolute Gasteiger partial charge is 0.252 e. The first-order chi connectivity index (χ1) is 17.5. The minimum absolute atomic E-state index is 0.0420. The number of carbonyl (C=O) groups is 3. The maximum absolute atomic E-state index is 13.6. The lowest BCUT2D eigenvalue weighted by Gasteiger charge is -2.37. The highest BCUT2D eigenvalue weighted by Gasteiger charge is 2.38. The highest BCUT2D eigenvalue weighted by Crippen LogP contribution is 2.40. The molecule has 0 spiro atoms.